The number of hydrogen-bond acceptors (Lipinski definition) is 3. The predicted octanol–water partition coefficient (Wildman–Crippen LogP) is 2.37. The fourth-order valence-electron chi connectivity index (χ4n) is 2.13. The van der Waals surface area contributed by atoms with Crippen molar-refractivity contribution in [3.63, 3.8) is 0 Å². The number of nitrogens with one attached hydrogen (secondary N) is 1. The maximum atomic E-state index is 9.35. The lowest BCUT2D eigenvalue weighted by atomic mass is 10.0. The fraction of sp³-hybridized carbons (Fsp3) is 0.538. The van der Waals surface area contributed by atoms with Crippen molar-refractivity contribution in [1.82, 2.24) is 5.32 Å². The molecule has 1 heterocycles. The second kappa shape index (κ2) is 5.71. The summed E-state index contributed by atoms with van der Waals surface area (Å²) in [6.07, 6.45) is 2.45. The number of aliphatic hydroxyl groups is 1. The van der Waals surface area contributed by atoms with Crippen LogP contribution in [-0.4, -0.2) is 24.0 Å². The number of aryl methyl sites for hydroxylation is 1. The van der Waals surface area contributed by atoms with Crippen molar-refractivity contribution >= 4 is 11.8 Å². The van der Waals surface area contributed by atoms with Crippen molar-refractivity contribution in [1.29, 1.82) is 0 Å². The van der Waals surface area contributed by atoms with Gasteiger partial charge in [-0.15, -0.1) is 11.8 Å². The third-order valence-electron chi connectivity index (χ3n) is 2.97. The molecule has 0 aliphatic carbocycles. The maximum Gasteiger partial charge on any atom is 0.0626 e. The van der Waals surface area contributed by atoms with E-state index < -0.39 is 0 Å². The van der Waals surface area contributed by atoms with Crippen molar-refractivity contribution in [2.45, 2.75) is 30.7 Å². The fourth-order valence-corrected chi connectivity index (χ4v) is 3.15. The topological polar surface area (TPSA) is 32.3 Å². The Morgan fingerprint density at radius 2 is 2.38 bits per heavy atom. The van der Waals surface area contributed by atoms with Gasteiger partial charge in [-0.25, -0.2) is 0 Å². The molecule has 0 aromatic heterocycles. The second-order valence-electron chi connectivity index (χ2n) is 4.11. The Balaban J connectivity index is 2.21. The summed E-state index contributed by atoms with van der Waals surface area (Å²) in [7, 11) is 0. The van der Waals surface area contributed by atoms with Gasteiger partial charge in [0.15, 0.2) is 0 Å². The van der Waals surface area contributed by atoms with E-state index in [-0.39, 0.29) is 12.6 Å². The molecule has 1 unspecified atom stereocenters. The molecule has 1 aromatic carbocycles. The van der Waals surface area contributed by atoms with Gasteiger partial charge in [-0.1, -0.05) is 19.1 Å². The molecule has 1 aliphatic rings. The smallest absolute Gasteiger partial charge is 0.0626 e. The summed E-state index contributed by atoms with van der Waals surface area (Å²) in [5.74, 6) is 1.24. The first-order valence-electron chi connectivity index (χ1n) is 5.95. The molecule has 0 radical (unpaired) electrons. The third kappa shape index (κ3) is 2.59. The lowest BCUT2D eigenvalue weighted by Gasteiger charge is -2.20. The number of benzene rings is 1. The molecule has 1 atom stereocenters. The average molecular weight is 237 g/mol. The number of fused-ring (bicyclic) bond motifs is 1. The Labute approximate surface area is 101 Å². The minimum atomic E-state index is 0.0854. The Bertz CT molecular complexity index is 354. The van der Waals surface area contributed by atoms with Gasteiger partial charge in [0.25, 0.3) is 0 Å². The molecule has 1 aliphatic heterocycles. The summed E-state index contributed by atoms with van der Waals surface area (Å²) in [4.78, 5) is 1.42. The van der Waals surface area contributed by atoms with Crippen LogP contribution in [0.25, 0.3) is 0 Å². The molecule has 2 nitrogen and oxygen atoms in total. The van der Waals surface area contributed by atoms with Crippen LogP contribution in [0.1, 0.15) is 30.5 Å². The standard InChI is InChI=1S/C13H19NOS/c1-2-14-12(9-15)10-5-6-13-11(8-10)4-3-7-16-13/h5-6,8,12,14-15H,2-4,7,9H2,1H3. The molecule has 0 saturated heterocycles. The minimum absolute atomic E-state index is 0.0854. The number of hydrogen-bond donors (Lipinski definition) is 2. The molecule has 16 heavy (non-hydrogen) atoms. The van der Waals surface area contributed by atoms with E-state index in [1.165, 1.54) is 34.6 Å². The van der Waals surface area contributed by atoms with Crippen LogP contribution in [0.5, 0.6) is 0 Å². The highest BCUT2D eigenvalue weighted by Gasteiger charge is 2.14. The molecule has 0 amide bonds. The third-order valence-corrected chi connectivity index (χ3v) is 4.17. The lowest BCUT2D eigenvalue weighted by molar-refractivity contribution is 0.246. The van der Waals surface area contributed by atoms with Gasteiger partial charge in [0.2, 0.25) is 0 Å². The largest absolute Gasteiger partial charge is 0.394 e. The summed E-state index contributed by atoms with van der Waals surface area (Å²) in [5.41, 5.74) is 2.66. The minimum Gasteiger partial charge on any atom is -0.394 e. The van der Waals surface area contributed by atoms with E-state index in [9.17, 15) is 5.11 Å². The zero-order valence-corrected chi connectivity index (χ0v) is 10.5. The van der Waals surface area contributed by atoms with E-state index in [0.29, 0.717) is 0 Å². The van der Waals surface area contributed by atoms with Gasteiger partial charge in [-0.05, 0) is 42.3 Å². The predicted molar refractivity (Wildman–Crippen MR) is 69.0 cm³/mol. The van der Waals surface area contributed by atoms with E-state index in [4.69, 9.17) is 0 Å². The zero-order valence-electron chi connectivity index (χ0n) is 9.70. The first-order valence-corrected chi connectivity index (χ1v) is 6.93. The lowest BCUT2D eigenvalue weighted by Crippen LogP contribution is -2.24. The first kappa shape index (κ1) is 12.0. The summed E-state index contributed by atoms with van der Waals surface area (Å²) in [6, 6.07) is 6.68. The van der Waals surface area contributed by atoms with Gasteiger partial charge in [-0.2, -0.15) is 0 Å². The van der Waals surface area contributed by atoms with Crippen LogP contribution < -0.4 is 5.32 Å². The van der Waals surface area contributed by atoms with Crippen LogP contribution in [0, 0.1) is 0 Å². The van der Waals surface area contributed by atoms with Crippen molar-refractivity contribution in [2.75, 3.05) is 18.9 Å². The maximum absolute atomic E-state index is 9.35. The van der Waals surface area contributed by atoms with Gasteiger partial charge in [0.1, 0.15) is 0 Å². The van der Waals surface area contributed by atoms with Crippen molar-refractivity contribution in [3.8, 4) is 0 Å². The number of likely N-dealkylation sites (N-methyl/N-ethyl adjacent to an activating group) is 1. The van der Waals surface area contributed by atoms with Gasteiger partial charge in [-0.3, -0.25) is 0 Å². The first-order chi connectivity index (χ1) is 7.85. The van der Waals surface area contributed by atoms with Crippen LogP contribution in [0.2, 0.25) is 0 Å². The van der Waals surface area contributed by atoms with E-state index in [0.717, 1.165) is 6.54 Å². The molecule has 2 N–H and O–H groups in total. The van der Waals surface area contributed by atoms with E-state index in [1.54, 1.807) is 0 Å². The quantitative estimate of drug-likeness (QED) is 0.843. The summed E-state index contributed by atoms with van der Waals surface area (Å²) in [6.45, 7) is 3.12. The second-order valence-corrected chi connectivity index (χ2v) is 5.25. The van der Waals surface area contributed by atoms with Crippen LogP contribution in [0.4, 0.5) is 0 Å². The van der Waals surface area contributed by atoms with E-state index >= 15 is 0 Å². The number of aliphatic hydroxyl groups excluding tert-OH is 1. The summed E-state index contributed by atoms with van der Waals surface area (Å²) >= 11 is 1.95. The SMILES string of the molecule is CCNC(CO)c1ccc2c(c1)CCCS2. The summed E-state index contributed by atoms with van der Waals surface area (Å²) < 4.78 is 0. The molecule has 2 rings (SSSR count). The molecule has 1 aromatic rings. The Hall–Kier alpha value is -0.510. The Morgan fingerprint density at radius 1 is 1.50 bits per heavy atom. The van der Waals surface area contributed by atoms with Crippen LogP contribution in [0.3, 0.4) is 0 Å². The van der Waals surface area contributed by atoms with Gasteiger partial charge in [0, 0.05) is 4.90 Å². The summed E-state index contributed by atoms with van der Waals surface area (Å²) in [5, 5.41) is 12.6. The van der Waals surface area contributed by atoms with Crippen molar-refractivity contribution in [3.05, 3.63) is 29.3 Å². The van der Waals surface area contributed by atoms with Gasteiger partial charge in [0.05, 0.1) is 12.6 Å². The van der Waals surface area contributed by atoms with Gasteiger partial charge < -0.3 is 10.4 Å². The molecular formula is C13H19NOS. The Morgan fingerprint density at radius 3 is 3.12 bits per heavy atom. The zero-order chi connectivity index (χ0) is 11.4. The molecule has 3 heteroatoms. The van der Waals surface area contributed by atoms with E-state index in [2.05, 4.69) is 30.4 Å². The van der Waals surface area contributed by atoms with Crippen LogP contribution >= 0.6 is 11.8 Å². The highest BCUT2D eigenvalue weighted by molar-refractivity contribution is 7.99. The normalized spacial score (nSPS) is 16.9. The molecule has 0 saturated carbocycles. The highest BCUT2D eigenvalue weighted by Crippen LogP contribution is 2.31. The molecule has 0 fully saturated rings. The molecule has 0 spiro atoms. The number of thioether (sulfide) groups is 1. The molecule has 0 bridgehead atoms. The average Bonchev–Trinajstić information content (AvgIpc) is 2.35. The van der Waals surface area contributed by atoms with Gasteiger partial charge >= 0.3 is 0 Å². The number of rotatable bonds is 4. The molecule has 88 valence electrons. The highest BCUT2D eigenvalue weighted by atomic mass is 32.2. The van der Waals surface area contributed by atoms with Crippen LogP contribution in [0.15, 0.2) is 23.1 Å². The monoisotopic (exact) mass is 237 g/mol. The van der Waals surface area contributed by atoms with E-state index in [1.807, 2.05) is 11.8 Å². The van der Waals surface area contributed by atoms with Crippen molar-refractivity contribution in [2.24, 2.45) is 0 Å². The van der Waals surface area contributed by atoms with Crippen LogP contribution in [-0.2, 0) is 6.42 Å². The molecular weight excluding hydrogens is 218 g/mol. The van der Waals surface area contributed by atoms with Crippen molar-refractivity contribution < 1.29 is 5.11 Å². The Kier molecular flexibility index (Phi) is 4.27.